The van der Waals surface area contributed by atoms with Gasteiger partial charge in [-0.3, -0.25) is 0 Å². The van der Waals surface area contributed by atoms with E-state index in [1.165, 1.54) is 4.88 Å². The maximum Gasteiger partial charge on any atom is 0.335 e. The number of carboxylic acids is 1. The molecule has 0 saturated carbocycles. The molecule has 0 saturated heterocycles. The Labute approximate surface area is 116 Å². The van der Waals surface area contributed by atoms with E-state index in [0.29, 0.717) is 5.56 Å². The summed E-state index contributed by atoms with van der Waals surface area (Å²) in [5, 5.41) is 14.1. The van der Waals surface area contributed by atoms with E-state index in [2.05, 4.69) is 16.8 Å². The molecule has 0 atom stereocenters. The van der Waals surface area contributed by atoms with E-state index in [9.17, 15) is 4.79 Å². The fraction of sp³-hybridized carbons (Fsp3) is 0.154. The molecule has 0 amide bonds. The van der Waals surface area contributed by atoms with Crippen LogP contribution in [-0.2, 0) is 13.1 Å². The van der Waals surface area contributed by atoms with Gasteiger partial charge in [-0.15, -0.1) is 23.7 Å². The van der Waals surface area contributed by atoms with Crippen LogP contribution in [0.15, 0.2) is 41.8 Å². The van der Waals surface area contributed by atoms with Crippen molar-refractivity contribution in [2.45, 2.75) is 13.1 Å². The molecule has 1 aromatic carbocycles. The molecule has 0 aliphatic carbocycles. The summed E-state index contributed by atoms with van der Waals surface area (Å²) in [7, 11) is 0. The molecule has 0 spiro atoms. The molecule has 0 unspecified atom stereocenters. The summed E-state index contributed by atoms with van der Waals surface area (Å²) in [5.41, 5.74) is 1.42. The first-order valence-corrected chi connectivity index (χ1v) is 6.19. The number of hydrogen-bond donors (Lipinski definition) is 2. The minimum atomic E-state index is -0.886. The summed E-state index contributed by atoms with van der Waals surface area (Å²) < 4.78 is 0. The monoisotopic (exact) mass is 283 g/mol. The first-order chi connectivity index (χ1) is 8.25. The Morgan fingerprint density at radius 1 is 1.17 bits per heavy atom. The van der Waals surface area contributed by atoms with Crippen molar-refractivity contribution >= 4 is 29.7 Å². The third-order valence-corrected chi connectivity index (χ3v) is 3.29. The zero-order valence-electron chi connectivity index (χ0n) is 9.63. The fourth-order valence-electron chi connectivity index (χ4n) is 1.51. The van der Waals surface area contributed by atoms with Gasteiger partial charge in [-0.25, -0.2) is 4.79 Å². The van der Waals surface area contributed by atoms with Crippen molar-refractivity contribution in [3.63, 3.8) is 0 Å². The third-order valence-electron chi connectivity index (χ3n) is 2.41. The highest BCUT2D eigenvalue weighted by atomic mass is 35.5. The number of carbonyl (C=O) groups is 1. The lowest BCUT2D eigenvalue weighted by molar-refractivity contribution is 0.0697. The van der Waals surface area contributed by atoms with Crippen LogP contribution in [0, 0.1) is 0 Å². The van der Waals surface area contributed by atoms with Crippen LogP contribution in [0.5, 0.6) is 0 Å². The van der Waals surface area contributed by atoms with Crippen molar-refractivity contribution in [3.05, 3.63) is 57.8 Å². The molecule has 2 N–H and O–H groups in total. The Morgan fingerprint density at radius 3 is 2.44 bits per heavy atom. The lowest BCUT2D eigenvalue weighted by Gasteiger charge is -2.03. The highest BCUT2D eigenvalue weighted by molar-refractivity contribution is 7.09. The van der Waals surface area contributed by atoms with Gasteiger partial charge in [0.2, 0.25) is 0 Å². The van der Waals surface area contributed by atoms with Crippen molar-refractivity contribution in [2.24, 2.45) is 0 Å². The van der Waals surface area contributed by atoms with Crippen molar-refractivity contribution in [2.75, 3.05) is 0 Å². The van der Waals surface area contributed by atoms with Gasteiger partial charge in [-0.05, 0) is 29.1 Å². The molecular weight excluding hydrogens is 270 g/mol. The predicted molar refractivity (Wildman–Crippen MR) is 75.5 cm³/mol. The molecule has 0 bridgehead atoms. The largest absolute Gasteiger partial charge is 0.478 e. The SMILES string of the molecule is Cl.O=C(O)c1ccc(CNCc2cccs2)cc1. The lowest BCUT2D eigenvalue weighted by Crippen LogP contribution is -2.11. The van der Waals surface area contributed by atoms with Crippen molar-refractivity contribution in [1.82, 2.24) is 5.32 Å². The van der Waals surface area contributed by atoms with Crippen LogP contribution in [0.1, 0.15) is 20.8 Å². The summed E-state index contributed by atoms with van der Waals surface area (Å²) in [6.45, 7) is 1.59. The second-order valence-corrected chi connectivity index (χ2v) is 4.72. The predicted octanol–water partition coefficient (Wildman–Crippen LogP) is 3.16. The average Bonchev–Trinajstić information content (AvgIpc) is 2.83. The number of carboxylic acid groups (broad SMARTS) is 1. The average molecular weight is 284 g/mol. The number of nitrogens with one attached hydrogen (secondary N) is 1. The summed E-state index contributed by atoms with van der Waals surface area (Å²) in [6.07, 6.45) is 0. The topological polar surface area (TPSA) is 49.3 Å². The maximum atomic E-state index is 10.7. The minimum absolute atomic E-state index is 0. The second kappa shape index (κ2) is 7.16. The molecule has 0 aliphatic heterocycles. The second-order valence-electron chi connectivity index (χ2n) is 3.68. The van der Waals surface area contributed by atoms with Crippen molar-refractivity contribution in [1.29, 1.82) is 0 Å². The zero-order chi connectivity index (χ0) is 12.1. The van der Waals surface area contributed by atoms with Gasteiger partial charge in [0.25, 0.3) is 0 Å². The quantitative estimate of drug-likeness (QED) is 0.886. The fourth-order valence-corrected chi connectivity index (χ4v) is 2.18. The highest BCUT2D eigenvalue weighted by Crippen LogP contribution is 2.08. The van der Waals surface area contributed by atoms with Gasteiger partial charge in [0, 0.05) is 18.0 Å². The number of hydrogen-bond acceptors (Lipinski definition) is 3. The van der Waals surface area contributed by atoms with E-state index < -0.39 is 5.97 Å². The van der Waals surface area contributed by atoms with Gasteiger partial charge in [-0.2, -0.15) is 0 Å². The van der Waals surface area contributed by atoms with E-state index in [0.717, 1.165) is 18.7 Å². The molecular formula is C13H14ClNO2S. The summed E-state index contributed by atoms with van der Waals surface area (Å²) in [4.78, 5) is 12.0. The Hall–Kier alpha value is -1.36. The molecule has 0 aliphatic rings. The third kappa shape index (κ3) is 4.14. The Morgan fingerprint density at radius 2 is 1.89 bits per heavy atom. The van der Waals surface area contributed by atoms with E-state index >= 15 is 0 Å². The summed E-state index contributed by atoms with van der Waals surface area (Å²) in [5.74, 6) is -0.886. The van der Waals surface area contributed by atoms with Crippen LogP contribution in [0.25, 0.3) is 0 Å². The van der Waals surface area contributed by atoms with Gasteiger partial charge in [0.15, 0.2) is 0 Å². The van der Waals surface area contributed by atoms with Crippen molar-refractivity contribution in [3.8, 4) is 0 Å². The van der Waals surface area contributed by atoms with Gasteiger partial charge < -0.3 is 10.4 Å². The molecule has 18 heavy (non-hydrogen) atoms. The number of rotatable bonds is 5. The van der Waals surface area contributed by atoms with Crippen LogP contribution in [0.3, 0.4) is 0 Å². The van der Waals surface area contributed by atoms with Crippen LogP contribution in [0.4, 0.5) is 0 Å². The molecule has 96 valence electrons. The molecule has 1 heterocycles. The maximum absolute atomic E-state index is 10.7. The van der Waals surface area contributed by atoms with Crippen molar-refractivity contribution < 1.29 is 9.90 Å². The molecule has 5 heteroatoms. The summed E-state index contributed by atoms with van der Waals surface area (Å²) >= 11 is 1.72. The van der Waals surface area contributed by atoms with E-state index in [1.807, 2.05) is 18.2 Å². The molecule has 3 nitrogen and oxygen atoms in total. The van der Waals surface area contributed by atoms with Crippen LogP contribution in [-0.4, -0.2) is 11.1 Å². The standard InChI is InChI=1S/C13H13NO2S.ClH/c15-13(16)11-5-3-10(4-6-11)8-14-9-12-2-1-7-17-12;/h1-7,14H,8-9H2,(H,15,16);1H. The van der Waals surface area contributed by atoms with E-state index in [4.69, 9.17) is 5.11 Å². The van der Waals surface area contributed by atoms with Crippen LogP contribution in [0.2, 0.25) is 0 Å². The summed E-state index contributed by atoms with van der Waals surface area (Å²) in [6, 6.07) is 11.1. The van der Waals surface area contributed by atoms with Gasteiger partial charge in [0.1, 0.15) is 0 Å². The Bertz CT molecular complexity index is 482. The van der Waals surface area contributed by atoms with Gasteiger partial charge in [0.05, 0.1) is 5.56 Å². The molecule has 2 rings (SSSR count). The van der Waals surface area contributed by atoms with Crippen LogP contribution >= 0.6 is 23.7 Å². The lowest BCUT2D eigenvalue weighted by atomic mass is 10.1. The number of halogens is 1. The first-order valence-electron chi connectivity index (χ1n) is 5.31. The molecule has 1 aromatic heterocycles. The van der Waals surface area contributed by atoms with E-state index in [1.54, 1.807) is 23.5 Å². The number of aromatic carboxylic acids is 1. The van der Waals surface area contributed by atoms with Gasteiger partial charge in [-0.1, -0.05) is 18.2 Å². The number of thiophene rings is 1. The Kier molecular flexibility index (Phi) is 5.85. The molecule has 2 aromatic rings. The Balaban J connectivity index is 0.00000162. The minimum Gasteiger partial charge on any atom is -0.478 e. The van der Waals surface area contributed by atoms with Crippen LogP contribution < -0.4 is 5.32 Å². The molecule has 0 radical (unpaired) electrons. The molecule has 0 fully saturated rings. The van der Waals surface area contributed by atoms with E-state index in [-0.39, 0.29) is 12.4 Å². The smallest absolute Gasteiger partial charge is 0.335 e. The normalized spacial score (nSPS) is 9.78. The zero-order valence-corrected chi connectivity index (χ0v) is 11.3. The highest BCUT2D eigenvalue weighted by Gasteiger charge is 2.01. The number of benzene rings is 1. The van der Waals surface area contributed by atoms with Gasteiger partial charge >= 0.3 is 5.97 Å². The first kappa shape index (κ1) is 14.7.